The Bertz CT molecular complexity index is 1320. The highest BCUT2D eigenvalue weighted by atomic mass is 16.4. The molecule has 0 bridgehead atoms. The van der Waals surface area contributed by atoms with Crippen LogP contribution in [0.1, 0.15) is 28.8 Å². The monoisotopic (exact) mass is 428 g/mol. The summed E-state index contributed by atoms with van der Waals surface area (Å²) in [4.78, 5) is 25.6. The van der Waals surface area contributed by atoms with Crippen LogP contribution in [0.5, 0.6) is 0 Å². The van der Waals surface area contributed by atoms with Gasteiger partial charge in [0.15, 0.2) is 5.82 Å². The minimum absolute atomic E-state index is 0.191. The molecule has 0 radical (unpaired) electrons. The first kappa shape index (κ1) is 20.1. The average molecular weight is 428 g/mol. The van der Waals surface area contributed by atoms with Gasteiger partial charge < -0.3 is 21.1 Å². The number of benzene rings is 2. The number of pyridine rings is 1. The number of hydrogen-bond acceptors (Lipinski definition) is 7. The standard InChI is InChI=1S/C24H24N6O2/c1-14-3-2-4-17(11-14)27-22-21-19(18-6-5-15(23(31)32)12-20(18)29-22)13-26-24(30-21)28-16-7-9-25-10-8-16/h2-6,11-13,16,25H,7-10H2,1H3,(H,27,29)(H,31,32)(H,26,28,30). The Morgan fingerprint density at radius 1 is 1.09 bits per heavy atom. The number of hydrogen-bond donors (Lipinski definition) is 4. The third-order valence-electron chi connectivity index (χ3n) is 5.73. The van der Waals surface area contributed by atoms with Crippen LogP contribution in [0.3, 0.4) is 0 Å². The fourth-order valence-electron chi connectivity index (χ4n) is 4.08. The van der Waals surface area contributed by atoms with Gasteiger partial charge in [0.1, 0.15) is 5.52 Å². The Hall–Kier alpha value is -3.78. The lowest BCUT2D eigenvalue weighted by Gasteiger charge is -2.23. The number of nitrogens with zero attached hydrogens (tertiary/aromatic N) is 3. The largest absolute Gasteiger partial charge is 0.478 e. The molecule has 1 fully saturated rings. The van der Waals surface area contributed by atoms with E-state index in [9.17, 15) is 9.90 Å². The van der Waals surface area contributed by atoms with Gasteiger partial charge in [-0.25, -0.2) is 19.7 Å². The quantitative estimate of drug-likeness (QED) is 0.352. The van der Waals surface area contributed by atoms with Crippen molar-refractivity contribution in [3.8, 4) is 0 Å². The second-order valence-electron chi connectivity index (χ2n) is 8.12. The number of piperidine rings is 1. The van der Waals surface area contributed by atoms with E-state index < -0.39 is 5.97 Å². The molecule has 0 unspecified atom stereocenters. The maximum Gasteiger partial charge on any atom is 0.335 e. The summed E-state index contributed by atoms with van der Waals surface area (Å²) in [6.07, 6.45) is 3.82. The maximum absolute atomic E-state index is 11.5. The van der Waals surface area contributed by atoms with Crippen LogP contribution in [0.15, 0.2) is 48.7 Å². The number of fused-ring (bicyclic) bond motifs is 3. The molecule has 3 heterocycles. The molecule has 5 rings (SSSR count). The zero-order chi connectivity index (χ0) is 22.1. The zero-order valence-electron chi connectivity index (χ0n) is 17.7. The van der Waals surface area contributed by atoms with E-state index in [1.807, 2.05) is 31.2 Å². The molecule has 0 amide bonds. The highest BCUT2D eigenvalue weighted by molar-refractivity contribution is 6.10. The lowest BCUT2D eigenvalue weighted by Crippen LogP contribution is -2.35. The van der Waals surface area contributed by atoms with E-state index in [-0.39, 0.29) is 5.56 Å². The SMILES string of the molecule is Cc1cccc(Nc2nc3cc(C(=O)O)ccc3c3cnc(NC4CCNCC4)nc23)c1. The fraction of sp³-hybridized carbons (Fsp3) is 0.250. The average Bonchev–Trinajstić information content (AvgIpc) is 2.79. The number of aromatic nitrogens is 3. The Labute approximate surface area is 185 Å². The highest BCUT2D eigenvalue weighted by Gasteiger charge is 2.17. The molecular formula is C24H24N6O2. The van der Waals surface area contributed by atoms with Crippen molar-refractivity contribution in [2.24, 2.45) is 0 Å². The molecule has 0 spiro atoms. The van der Waals surface area contributed by atoms with Gasteiger partial charge in [0, 0.05) is 28.7 Å². The second kappa shape index (κ2) is 8.39. The van der Waals surface area contributed by atoms with E-state index in [4.69, 9.17) is 9.97 Å². The van der Waals surface area contributed by atoms with Gasteiger partial charge in [-0.1, -0.05) is 18.2 Å². The molecule has 1 saturated heterocycles. The van der Waals surface area contributed by atoms with Crippen LogP contribution in [0, 0.1) is 6.92 Å². The first-order valence-corrected chi connectivity index (χ1v) is 10.7. The molecule has 162 valence electrons. The van der Waals surface area contributed by atoms with Crippen LogP contribution in [-0.2, 0) is 0 Å². The van der Waals surface area contributed by atoms with E-state index in [2.05, 4.69) is 20.9 Å². The molecule has 8 heteroatoms. The summed E-state index contributed by atoms with van der Waals surface area (Å²) in [6.45, 7) is 3.98. The molecule has 2 aromatic carbocycles. The van der Waals surface area contributed by atoms with Crippen LogP contribution in [-0.4, -0.2) is 45.2 Å². The minimum Gasteiger partial charge on any atom is -0.478 e. The van der Waals surface area contributed by atoms with Crippen molar-refractivity contribution in [1.82, 2.24) is 20.3 Å². The predicted octanol–water partition coefficient (Wildman–Crippen LogP) is 4.09. The number of rotatable bonds is 5. The number of nitrogens with one attached hydrogen (secondary N) is 3. The third kappa shape index (κ3) is 4.04. The summed E-state index contributed by atoms with van der Waals surface area (Å²) in [5.41, 5.74) is 3.47. The molecule has 2 aromatic heterocycles. The topological polar surface area (TPSA) is 112 Å². The third-order valence-corrected chi connectivity index (χ3v) is 5.73. The fourth-order valence-corrected chi connectivity index (χ4v) is 4.08. The molecule has 0 aliphatic carbocycles. The molecule has 32 heavy (non-hydrogen) atoms. The summed E-state index contributed by atoms with van der Waals surface area (Å²) in [5.74, 6) is 0.149. The molecule has 0 atom stereocenters. The normalized spacial score (nSPS) is 14.5. The second-order valence-corrected chi connectivity index (χ2v) is 8.12. The molecule has 4 aromatic rings. The minimum atomic E-state index is -0.986. The number of aryl methyl sites for hydroxylation is 1. The lowest BCUT2D eigenvalue weighted by molar-refractivity contribution is 0.0697. The Morgan fingerprint density at radius 2 is 1.94 bits per heavy atom. The number of carboxylic acids is 1. The molecule has 8 nitrogen and oxygen atoms in total. The van der Waals surface area contributed by atoms with Crippen molar-refractivity contribution in [2.45, 2.75) is 25.8 Å². The number of aromatic carboxylic acids is 1. The molecule has 4 N–H and O–H groups in total. The highest BCUT2D eigenvalue weighted by Crippen LogP contribution is 2.31. The van der Waals surface area contributed by atoms with Gasteiger partial charge >= 0.3 is 5.97 Å². The summed E-state index contributed by atoms with van der Waals surface area (Å²) in [6, 6.07) is 13.3. The zero-order valence-corrected chi connectivity index (χ0v) is 17.7. The van der Waals surface area contributed by atoms with Gasteiger partial charge in [-0.2, -0.15) is 0 Å². The summed E-state index contributed by atoms with van der Waals surface area (Å²) in [7, 11) is 0. The van der Waals surface area contributed by atoms with Crippen LogP contribution in [0.25, 0.3) is 21.8 Å². The predicted molar refractivity (Wildman–Crippen MR) is 126 cm³/mol. The first-order chi connectivity index (χ1) is 15.6. The van der Waals surface area contributed by atoms with Crippen molar-refractivity contribution in [1.29, 1.82) is 0 Å². The van der Waals surface area contributed by atoms with Gasteiger partial charge in [0.05, 0.1) is 11.1 Å². The van der Waals surface area contributed by atoms with Gasteiger partial charge in [0.2, 0.25) is 5.95 Å². The Kier molecular flexibility index (Phi) is 5.28. The molecule has 1 aliphatic heterocycles. The van der Waals surface area contributed by atoms with Crippen molar-refractivity contribution in [3.63, 3.8) is 0 Å². The number of anilines is 3. The van der Waals surface area contributed by atoms with E-state index in [1.165, 1.54) is 0 Å². The van der Waals surface area contributed by atoms with E-state index in [1.54, 1.807) is 24.4 Å². The number of carboxylic acid groups (broad SMARTS) is 1. The van der Waals surface area contributed by atoms with Crippen molar-refractivity contribution < 1.29 is 9.90 Å². The van der Waals surface area contributed by atoms with E-state index in [0.29, 0.717) is 28.8 Å². The van der Waals surface area contributed by atoms with Crippen LogP contribution in [0.2, 0.25) is 0 Å². The van der Waals surface area contributed by atoms with Crippen molar-refractivity contribution >= 4 is 45.2 Å². The van der Waals surface area contributed by atoms with Crippen LogP contribution >= 0.6 is 0 Å². The summed E-state index contributed by atoms with van der Waals surface area (Å²) < 4.78 is 0. The first-order valence-electron chi connectivity index (χ1n) is 10.7. The Morgan fingerprint density at radius 3 is 2.72 bits per heavy atom. The van der Waals surface area contributed by atoms with E-state index >= 15 is 0 Å². The molecular weight excluding hydrogens is 404 g/mol. The summed E-state index contributed by atoms with van der Waals surface area (Å²) in [5, 5.41) is 21.2. The summed E-state index contributed by atoms with van der Waals surface area (Å²) >= 11 is 0. The van der Waals surface area contributed by atoms with Gasteiger partial charge in [0.25, 0.3) is 0 Å². The van der Waals surface area contributed by atoms with Crippen molar-refractivity contribution in [2.75, 3.05) is 23.7 Å². The lowest BCUT2D eigenvalue weighted by atomic mass is 10.1. The maximum atomic E-state index is 11.5. The molecule has 1 aliphatic rings. The van der Waals surface area contributed by atoms with E-state index in [0.717, 1.165) is 48.0 Å². The van der Waals surface area contributed by atoms with Crippen molar-refractivity contribution in [3.05, 3.63) is 59.8 Å². The number of carbonyl (C=O) groups is 1. The van der Waals surface area contributed by atoms with Crippen LogP contribution < -0.4 is 16.0 Å². The van der Waals surface area contributed by atoms with Gasteiger partial charge in [-0.05, 0) is 62.7 Å². The smallest absolute Gasteiger partial charge is 0.335 e. The van der Waals surface area contributed by atoms with Gasteiger partial charge in [-0.15, -0.1) is 0 Å². The van der Waals surface area contributed by atoms with Gasteiger partial charge in [-0.3, -0.25) is 0 Å². The van der Waals surface area contributed by atoms with Crippen LogP contribution in [0.4, 0.5) is 17.5 Å². The Balaban J connectivity index is 1.64. The molecule has 0 saturated carbocycles.